The molecule has 5 rings (SSSR count). The number of piperidine rings is 1. The lowest BCUT2D eigenvalue weighted by molar-refractivity contribution is 0.122. The monoisotopic (exact) mass is 553 g/mol. The van der Waals surface area contributed by atoms with E-state index in [1.165, 1.54) is 36.4 Å². The van der Waals surface area contributed by atoms with Crippen LogP contribution in [0.2, 0.25) is 0 Å². The summed E-state index contributed by atoms with van der Waals surface area (Å²) in [6, 6.07) is 8.54. The van der Waals surface area contributed by atoms with E-state index < -0.39 is 0 Å². The van der Waals surface area contributed by atoms with E-state index >= 15 is 0 Å². The predicted octanol–water partition coefficient (Wildman–Crippen LogP) is 7.51. The molecule has 6 nitrogen and oxygen atoms in total. The summed E-state index contributed by atoms with van der Waals surface area (Å²) < 4.78 is 5.56. The third kappa shape index (κ3) is 8.82. The molecule has 216 valence electrons. The molecule has 0 aliphatic carbocycles. The minimum atomic E-state index is 0. The minimum absolute atomic E-state index is 0. The molecule has 0 unspecified atom stereocenters. The van der Waals surface area contributed by atoms with E-state index in [9.17, 15) is 0 Å². The van der Waals surface area contributed by atoms with Gasteiger partial charge in [-0.25, -0.2) is 9.97 Å². The van der Waals surface area contributed by atoms with Gasteiger partial charge in [0.2, 0.25) is 0 Å². The van der Waals surface area contributed by atoms with Gasteiger partial charge in [-0.2, -0.15) is 0 Å². The smallest absolute Gasteiger partial charge is 0.163 e. The lowest BCUT2D eigenvalue weighted by atomic mass is 10.00. The molecule has 0 atom stereocenters. The number of hydrogen-bond acceptors (Lipinski definition) is 7. The van der Waals surface area contributed by atoms with Gasteiger partial charge in [0.1, 0.15) is 10.6 Å². The largest absolute Gasteiger partial charge is 0.378 e. The quantitative estimate of drug-likeness (QED) is 0.306. The highest BCUT2D eigenvalue weighted by Crippen LogP contribution is 2.35. The van der Waals surface area contributed by atoms with E-state index in [-0.39, 0.29) is 7.43 Å². The van der Waals surface area contributed by atoms with Crippen molar-refractivity contribution < 1.29 is 4.74 Å². The van der Waals surface area contributed by atoms with Crippen LogP contribution in [0.4, 0.5) is 5.82 Å². The van der Waals surface area contributed by atoms with Crippen LogP contribution in [-0.2, 0) is 11.2 Å². The van der Waals surface area contributed by atoms with Gasteiger partial charge in [-0.1, -0.05) is 59.7 Å². The Morgan fingerprint density at radius 3 is 2.41 bits per heavy atom. The Morgan fingerprint density at radius 2 is 1.79 bits per heavy atom. The minimum Gasteiger partial charge on any atom is -0.378 e. The molecule has 0 radical (unpaired) electrons. The molecule has 7 heteroatoms. The highest BCUT2D eigenvalue weighted by molar-refractivity contribution is 7.18. The van der Waals surface area contributed by atoms with Crippen LogP contribution in [-0.4, -0.2) is 74.6 Å². The van der Waals surface area contributed by atoms with Crippen molar-refractivity contribution in [3.63, 3.8) is 0 Å². The number of benzene rings is 1. The normalized spacial score (nSPS) is 16.3. The first-order valence-corrected chi connectivity index (χ1v) is 15.2. The average molecular weight is 554 g/mol. The fourth-order valence-electron chi connectivity index (χ4n) is 4.78. The second kappa shape index (κ2) is 16.7. The van der Waals surface area contributed by atoms with Crippen LogP contribution in [0.25, 0.3) is 21.6 Å². The Hall–Kier alpha value is -2.35. The van der Waals surface area contributed by atoms with Gasteiger partial charge >= 0.3 is 0 Å². The zero-order chi connectivity index (χ0) is 27.5. The Balaban J connectivity index is 0.000000414. The van der Waals surface area contributed by atoms with Gasteiger partial charge < -0.3 is 14.5 Å². The summed E-state index contributed by atoms with van der Waals surface area (Å²) in [5.41, 5.74) is 3.30. The fourth-order valence-corrected chi connectivity index (χ4v) is 5.90. The Bertz CT molecular complexity index is 1150. The van der Waals surface area contributed by atoms with E-state index in [2.05, 4.69) is 66.9 Å². The SMILES string of the molecule is C.CC.CC1CCN(C)CC1.CCCc1cc2c(N3CCOCC3)nc(-c3cccc(C)c3C=NC)nc2s1. The van der Waals surface area contributed by atoms with Gasteiger partial charge in [-0.3, -0.25) is 4.99 Å². The van der Waals surface area contributed by atoms with Crippen LogP contribution in [0.5, 0.6) is 0 Å². The Labute approximate surface area is 241 Å². The van der Waals surface area contributed by atoms with Gasteiger partial charge in [-0.15, -0.1) is 11.3 Å². The molecule has 0 bridgehead atoms. The second-order valence-corrected chi connectivity index (χ2v) is 11.2. The van der Waals surface area contributed by atoms with Crippen molar-refractivity contribution in [3.05, 3.63) is 40.3 Å². The maximum atomic E-state index is 5.56. The molecule has 1 aromatic carbocycles. The van der Waals surface area contributed by atoms with Gasteiger partial charge in [0.15, 0.2) is 5.82 Å². The van der Waals surface area contributed by atoms with Crippen molar-refractivity contribution in [1.82, 2.24) is 14.9 Å². The van der Waals surface area contributed by atoms with E-state index in [1.54, 1.807) is 18.4 Å². The van der Waals surface area contributed by atoms with Crippen molar-refractivity contribution in [2.24, 2.45) is 10.9 Å². The van der Waals surface area contributed by atoms with Crippen LogP contribution in [0.15, 0.2) is 29.3 Å². The van der Waals surface area contributed by atoms with Crippen LogP contribution in [0.1, 0.15) is 70.4 Å². The third-order valence-electron chi connectivity index (χ3n) is 7.06. The third-order valence-corrected chi connectivity index (χ3v) is 8.15. The number of nitrogens with zero attached hydrogens (tertiary/aromatic N) is 5. The summed E-state index contributed by atoms with van der Waals surface area (Å²) in [5.74, 6) is 2.78. The molecule has 2 aliphatic rings. The number of ether oxygens (including phenoxy) is 1. The zero-order valence-electron chi connectivity index (χ0n) is 24.6. The molecule has 0 saturated carbocycles. The van der Waals surface area contributed by atoms with Gasteiger partial charge in [0, 0.05) is 42.4 Å². The highest BCUT2D eigenvalue weighted by Gasteiger charge is 2.21. The summed E-state index contributed by atoms with van der Waals surface area (Å²) in [7, 11) is 4.00. The number of aliphatic imine (C=N–C) groups is 1. The first-order chi connectivity index (χ1) is 18.5. The molecule has 0 amide bonds. The van der Waals surface area contributed by atoms with Crippen molar-refractivity contribution in [3.8, 4) is 11.4 Å². The number of aromatic nitrogens is 2. The van der Waals surface area contributed by atoms with Crippen LogP contribution >= 0.6 is 11.3 Å². The molecule has 39 heavy (non-hydrogen) atoms. The van der Waals surface area contributed by atoms with Gasteiger partial charge in [0.25, 0.3) is 0 Å². The lowest BCUT2D eigenvalue weighted by Gasteiger charge is -2.28. The number of likely N-dealkylation sites (tertiary alicyclic amines) is 1. The summed E-state index contributed by atoms with van der Waals surface area (Å²) in [6.45, 7) is 16.5. The molecule has 2 aromatic heterocycles. The molecule has 2 fully saturated rings. The predicted molar refractivity (Wildman–Crippen MR) is 172 cm³/mol. The molecular formula is C32H51N5OS. The Morgan fingerprint density at radius 1 is 1.10 bits per heavy atom. The summed E-state index contributed by atoms with van der Waals surface area (Å²) in [5, 5.41) is 1.16. The topological polar surface area (TPSA) is 53.9 Å². The molecular weight excluding hydrogens is 502 g/mol. The lowest BCUT2D eigenvalue weighted by Crippen LogP contribution is -2.37. The fraction of sp³-hybridized carbons (Fsp3) is 0.594. The maximum Gasteiger partial charge on any atom is 0.163 e. The average Bonchev–Trinajstić information content (AvgIpc) is 3.36. The molecule has 2 aliphatic heterocycles. The van der Waals surface area contributed by atoms with Crippen LogP contribution in [0, 0.1) is 12.8 Å². The number of rotatable bonds is 5. The molecule has 2 saturated heterocycles. The number of aryl methyl sites for hydroxylation is 2. The number of morpholine rings is 1. The van der Waals surface area contributed by atoms with E-state index in [1.807, 2.05) is 20.1 Å². The summed E-state index contributed by atoms with van der Waals surface area (Å²) in [6.07, 6.45) is 6.92. The van der Waals surface area contributed by atoms with E-state index in [0.717, 1.165) is 78.0 Å². The summed E-state index contributed by atoms with van der Waals surface area (Å²) >= 11 is 1.79. The Kier molecular flexibility index (Phi) is 14.1. The van der Waals surface area contributed by atoms with Crippen molar-refractivity contribution in [1.29, 1.82) is 0 Å². The first kappa shape index (κ1) is 32.9. The molecule has 0 spiro atoms. The van der Waals surface area contributed by atoms with Crippen molar-refractivity contribution >= 4 is 33.6 Å². The van der Waals surface area contributed by atoms with Crippen LogP contribution in [0.3, 0.4) is 0 Å². The summed E-state index contributed by atoms with van der Waals surface area (Å²) in [4.78, 5) is 21.5. The van der Waals surface area contributed by atoms with E-state index in [4.69, 9.17) is 14.7 Å². The van der Waals surface area contributed by atoms with Gasteiger partial charge in [-0.05, 0) is 63.9 Å². The second-order valence-electron chi connectivity index (χ2n) is 10.1. The van der Waals surface area contributed by atoms with Crippen molar-refractivity contribution in [2.45, 2.75) is 67.7 Å². The molecule has 0 N–H and O–H groups in total. The van der Waals surface area contributed by atoms with E-state index in [0.29, 0.717) is 0 Å². The number of anilines is 1. The standard InChI is InChI=1S/C22H26N4OS.C7H15N.C2H6.CH4/c1-4-6-16-13-18-21(26-9-11-27-12-10-26)24-20(25-22(18)28-16)17-8-5-7-15(2)19(17)14-23-3;1-7-3-5-8(2)6-4-7;1-2;/h5,7-8,13-14H,4,6,9-12H2,1-3H3;7H,3-6H2,1-2H3;1-2H3;1H4. The maximum absolute atomic E-state index is 5.56. The van der Waals surface area contributed by atoms with Gasteiger partial charge in [0.05, 0.1) is 18.6 Å². The van der Waals surface area contributed by atoms with Crippen molar-refractivity contribution in [2.75, 3.05) is 58.4 Å². The highest BCUT2D eigenvalue weighted by atomic mass is 32.1. The first-order valence-electron chi connectivity index (χ1n) is 14.3. The number of thiophene rings is 1. The number of hydrogen-bond donors (Lipinski definition) is 0. The molecule has 4 heterocycles. The number of fused-ring (bicyclic) bond motifs is 1. The zero-order valence-corrected chi connectivity index (χ0v) is 25.4. The molecule has 3 aromatic rings. The van der Waals surface area contributed by atoms with Crippen LogP contribution < -0.4 is 4.90 Å².